The van der Waals surface area contributed by atoms with E-state index in [1.54, 1.807) is 0 Å². The third-order valence-electron chi connectivity index (χ3n) is 3.08. The molecule has 88 valence electrons. The normalized spacial score (nSPS) is 21.3. The van der Waals surface area contributed by atoms with Crippen molar-refractivity contribution in [2.24, 2.45) is 5.92 Å². The Hall–Kier alpha value is -0.0831. The van der Waals surface area contributed by atoms with Crippen molar-refractivity contribution in [3.8, 4) is 0 Å². The van der Waals surface area contributed by atoms with E-state index in [0.717, 1.165) is 12.3 Å². The van der Waals surface area contributed by atoms with Crippen molar-refractivity contribution in [1.82, 2.24) is 0 Å². The van der Waals surface area contributed by atoms with E-state index in [-0.39, 0.29) is 0 Å². The van der Waals surface area contributed by atoms with Gasteiger partial charge in [0, 0.05) is 0 Å². The second-order valence-corrected chi connectivity index (χ2v) is 10.2. The van der Waals surface area contributed by atoms with Gasteiger partial charge in [0.05, 0.1) is 6.10 Å². The topological polar surface area (TPSA) is 9.23 Å². The smallest absolute Gasteiger partial charge is 0.184 e. The van der Waals surface area contributed by atoms with E-state index in [9.17, 15) is 0 Å². The largest absolute Gasteiger partial charge is 0.414 e. The molecule has 0 radical (unpaired) electrons. The summed E-state index contributed by atoms with van der Waals surface area (Å²) in [6.45, 7) is 10.7. The minimum absolute atomic E-state index is 0.453. The van der Waals surface area contributed by atoms with Gasteiger partial charge in [-0.1, -0.05) is 25.3 Å². The lowest BCUT2D eigenvalue weighted by Crippen LogP contribution is -2.36. The predicted molar refractivity (Wildman–Crippen MR) is 69.6 cm³/mol. The monoisotopic (exact) mass is 226 g/mol. The first-order valence-corrected chi connectivity index (χ1v) is 9.72. The molecule has 0 heterocycles. The van der Waals surface area contributed by atoms with Crippen molar-refractivity contribution in [3.05, 3.63) is 12.7 Å². The molecule has 1 rings (SSSR count). The van der Waals surface area contributed by atoms with Crippen LogP contribution in [0, 0.1) is 5.92 Å². The molecular weight excluding hydrogens is 200 g/mol. The SMILES string of the molecule is C=CC[C@@H](O[Si](C)(C)C)C1CCCCC1. The van der Waals surface area contributed by atoms with Gasteiger partial charge in [0.15, 0.2) is 8.32 Å². The first-order valence-electron chi connectivity index (χ1n) is 6.31. The zero-order chi connectivity index (χ0) is 11.3. The van der Waals surface area contributed by atoms with E-state index in [4.69, 9.17) is 4.43 Å². The van der Waals surface area contributed by atoms with Gasteiger partial charge in [-0.25, -0.2) is 0 Å². The summed E-state index contributed by atoms with van der Waals surface area (Å²) in [6.07, 6.45) is 10.5. The average Bonchev–Trinajstić information content (AvgIpc) is 2.17. The van der Waals surface area contributed by atoms with Crippen LogP contribution >= 0.6 is 0 Å². The Kier molecular flexibility index (Phi) is 5.07. The standard InChI is InChI=1S/C13H26OSi/c1-5-9-13(14-15(2,3)4)12-10-7-6-8-11-12/h5,12-13H,1,6-11H2,2-4H3/t13-/m1/s1. The fourth-order valence-corrected chi connectivity index (χ4v) is 3.66. The van der Waals surface area contributed by atoms with E-state index >= 15 is 0 Å². The van der Waals surface area contributed by atoms with E-state index in [1.165, 1.54) is 32.1 Å². The summed E-state index contributed by atoms with van der Waals surface area (Å²) in [5.41, 5.74) is 0. The lowest BCUT2D eigenvalue weighted by Gasteiger charge is -2.34. The molecule has 0 aliphatic heterocycles. The Bertz CT molecular complexity index is 189. The van der Waals surface area contributed by atoms with Gasteiger partial charge in [0.1, 0.15) is 0 Å². The Morgan fingerprint density at radius 2 is 1.87 bits per heavy atom. The Labute approximate surface area is 96.0 Å². The van der Waals surface area contributed by atoms with Crippen molar-refractivity contribution in [1.29, 1.82) is 0 Å². The summed E-state index contributed by atoms with van der Waals surface area (Å²) in [4.78, 5) is 0. The van der Waals surface area contributed by atoms with Crippen molar-refractivity contribution < 1.29 is 4.43 Å². The summed E-state index contributed by atoms with van der Waals surface area (Å²) in [5, 5.41) is 0. The van der Waals surface area contributed by atoms with Crippen LogP contribution < -0.4 is 0 Å². The van der Waals surface area contributed by atoms with E-state index in [0.29, 0.717) is 6.10 Å². The molecule has 0 saturated heterocycles. The first-order chi connectivity index (χ1) is 7.03. The molecule has 0 spiro atoms. The summed E-state index contributed by atoms with van der Waals surface area (Å²) in [5.74, 6) is 0.795. The molecule has 1 saturated carbocycles. The van der Waals surface area contributed by atoms with Gasteiger partial charge in [0.2, 0.25) is 0 Å². The van der Waals surface area contributed by atoms with Crippen LogP contribution in [-0.2, 0) is 4.43 Å². The van der Waals surface area contributed by atoms with Crippen molar-refractivity contribution >= 4 is 8.32 Å². The van der Waals surface area contributed by atoms with Gasteiger partial charge in [-0.2, -0.15) is 0 Å². The fraction of sp³-hybridized carbons (Fsp3) is 0.846. The molecule has 2 heteroatoms. The van der Waals surface area contributed by atoms with Gasteiger partial charge >= 0.3 is 0 Å². The van der Waals surface area contributed by atoms with Crippen LogP contribution in [0.4, 0.5) is 0 Å². The maximum Gasteiger partial charge on any atom is 0.184 e. The van der Waals surface area contributed by atoms with Gasteiger partial charge in [-0.3, -0.25) is 0 Å². The molecule has 0 bridgehead atoms. The maximum absolute atomic E-state index is 6.29. The Balaban J connectivity index is 2.51. The molecule has 15 heavy (non-hydrogen) atoms. The average molecular weight is 226 g/mol. The molecule has 0 aromatic rings. The number of rotatable bonds is 5. The van der Waals surface area contributed by atoms with Gasteiger partial charge in [-0.15, -0.1) is 6.58 Å². The van der Waals surface area contributed by atoms with E-state index in [1.807, 2.05) is 6.08 Å². The fourth-order valence-electron chi connectivity index (χ4n) is 2.46. The minimum Gasteiger partial charge on any atom is -0.414 e. The van der Waals surface area contributed by atoms with Crippen LogP contribution in [0.2, 0.25) is 19.6 Å². The third kappa shape index (κ3) is 4.98. The molecule has 0 amide bonds. The molecule has 1 aliphatic carbocycles. The first kappa shape index (κ1) is 13.0. The highest BCUT2D eigenvalue weighted by Crippen LogP contribution is 2.31. The Morgan fingerprint density at radius 1 is 1.27 bits per heavy atom. The maximum atomic E-state index is 6.29. The zero-order valence-corrected chi connectivity index (χ0v) is 11.6. The highest BCUT2D eigenvalue weighted by Gasteiger charge is 2.27. The van der Waals surface area contributed by atoms with E-state index in [2.05, 4.69) is 26.2 Å². The molecule has 0 aromatic heterocycles. The summed E-state index contributed by atoms with van der Waals surface area (Å²) < 4.78 is 6.29. The predicted octanol–water partition coefficient (Wildman–Crippen LogP) is 4.36. The second-order valence-electron chi connectivity index (χ2n) is 5.69. The Morgan fingerprint density at radius 3 is 2.33 bits per heavy atom. The molecule has 0 unspecified atom stereocenters. The molecule has 0 aromatic carbocycles. The van der Waals surface area contributed by atoms with Crippen LogP contribution in [0.1, 0.15) is 38.5 Å². The van der Waals surface area contributed by atoms with Crippen LogP contribution in [0.3, 0.4) is 0 Å². The summed E-state index contributed by atoms with van der Waals surface area (Å²) >= 11 is 0. The van der Waals surface area contributed by atoms with Gasteiger partial charge < -0.3 is 4.43 Å². The molecular formula is C13H26OSi. The molecule has 1 atom stereocenters. The zero-order valence-electron chi connectivity index (χ0n) is 10.6. The van der Waals surface area contributed by atoms with Crippen molar-refractivity contribution in [2.45, 2.75) is 64.3 Å². The summed E-state index contributed by atoms with van der Waals surface area (Å²) in [7, 11) is -1.39. The number of hydrogen-bond acceptors (Lipinski definition) is 1. The van der Waals surface area contributed by atoms with Crippen LogP contribution in [0.25, 0.3) is 0 Å². The molecule has 1 nitrogen and oxygen atoms in total. The summed E-state index contributed by atoms with van der Waals surface area (Å²) in [6, 6.07) is 0. The van der Waals surface area contributed by atoms with E-state index < -0.39 is 8.32 Å². The lowest BCUT2D eigenvalue weighted by molar-refractivity contribution is 0.103. The molecule has 1 fully saturated rings. The van der Waals surface area contributed by atoms with Crippen molar-refractivity contribution in [2.75, 3.05) is 0 Å². The van der Waals surface area contributed by atoms with Gasteiger partial charge in [0.25, 0.3) is 0 Å². The third-order valence-corrected chi connectivity index (χ3v) is 4.09. The number of hydrogen-bond donors (Lipinski definition) is 0. The lowest BCUT2D eigenvalue weighted by atomic mass is 9.84. The van der Waals surface area contributed by atoms with Gasteiger partial charge in [-0.05, 0) is 44.8 Å². The van der Waals surface area contributed by atoms with Crippen LogP contribution in [0.5, 0.6) is 0 Å². The second kappa shape index (κ2) is 5.85. The highest BCUT2D eigenvalue weighted by molar-refractivity contribution is 6.69. The molecule has 0 N–H and O–H groups in total. The van der Waals surface area contributed by atoms with Crippen LogP contribution in [-0.4, -0.2) is 14.4 Å². The highest BCUT2D eigenvalue weighted by atomic mass is 28.4. The quantitative estimate of drug-likeness (QED) is 0.500. The van der Waals surface area contributed by atoms with Crippen molar-refractivity contribution in [3.63, 3.8) is 0 Å². The molecule has 1 aliphatic rings. The van der Waals surface area contributed by atoms with Crippen LogP contribution in [0.15, 0.2) is 12.7 Å². The minimum atomic E-state index is -1.39.